The van der Waals surface area contributed by atoms with E-state index in [2.05, 4.69) is 115 Å². The number of hydrogen-bond acceptors (Lipinski definition) is 2. The van der Waals surface area contributed by atoms with Gasteiger partial charge < -0.3 is 4.98 Å². The van der Waals surface area contributed by atoms with E-state index in [4.69, 9.17) is 0 Å². The quantitative estimate of drug-likeness (QED) is 0.161. The number of nitrogens with zero attached hydrogens (tertiary/aromatic N) is 2. The van der Waals surface area contributed by atoms with Gasteiger partial charge in [0.05, 0.1) is 5.69 Å². The summed E-state index contributed by atoms with van der Waals surface area (Å²) in [4.78, 5) is 8.99. The van der Waals surface area contributed by atoms with Gasteiger partial charge in [0.1, 0.15) is 0 Å². The van der Waals surface area contributed by atoms with Gasteiger partial charge >= 0.3 is 0 Å². The first-order valence-corrected chi connectivity index (χ1v) is 13.7. The first-order valence-electron chi connectivity index (χ1n) is 13.7. The van der Waals surface area contributed by atoms with E-state index < -0.39 is 0 Å². The number of aromatic nitrogens is 2. The van der Waals surface area contributed by atoms with Crippen LogP contribution in [0.1, 0.15) is 19.4 Å². The Morgan fingerprint density at radius 3 is 1.80 bits per heavy atom. The smallest absolute Gasteiger partial charge is 0.0702 e. The fourth-order valence-corrected chi connectivity index (χ4v) is 4.62. The summed E-state index contributed by atoms with van der Waals surface area (Å²) in [7, 11) is 0. The van der Waals surface area contributed by atoms with Crippen LogP contribution in [0.4, 0.5) is 0 Å². The van der Waals surface area contributed by atoms with E-state index in [0.29, 0.717) is 5.92 Å². The molecule has 4 aromatic carbocycles. The normalized spacial score (nSPS) is 10.3. The van der Waals surface area contributed by atoms with E-state index >= 15 is 0 Å². The van der Waals surface area contributed by atoms with Gasteiger partial charge in [-0.25, -0.2) is 0 Å². The van der Waals surface area contributed by atoms with Crippen LogP contribution in [-0.4, -0.2) is 9.97 Å². The van der Waals surface area contributed by atoms with E-state index in [1.165, 1.54) is 27.8 Å². The van der Waals surface area contributed by atoms with Gasteiger partial charge in [0.15, 0.2) is 0 Å². The Balaban J connectivity index is 0.000000188. The molecular formula is C38H33IrN2-. The molecule has 0 fully saturated rings. The zero-order chi connectivity index (χ0) is 27.6. The predicted molar refractivity (Wildman–Crippen MR) is 168 cm³/mol. The van der Waals surface area contributed by atoms with E-state index in [9.17, 15) is 0 Å². The average molecular weight is 710 g/mol. The Kier molecular flexibility index (Phi) is 10.9. The van der Waals surface area contributed by atoms with Crippen molar-refractivity contribution in [2.75, 3.05) is 0 Å². The SMILES string of the molecule is CC(C)Cc1ccc(-c2cccc(-c3ccccc3)c2)nc1.[Ir].[c-]1ccc(-c2ccccc2)cc1-c1ccccn1. The zero-order valence-corrected chi connectivity index (χ0v) is 25.8. The maximum atomic E-state index is 4.64. The molecule has 205 valence electrons. The van der Waals surface area contributed by atoms with Crippen molar-refractivity contribution in [1.82, 2.24) is 9.97 Å². The van der Waals surface area contributed by atoms with Crippen molar-refractivity contribution in [2.24, 2.45) is 5.92 Å². The van der Waals surface area contributed by atoms with Crippen molar-refractivity contribution >= 4 is 0 Å². The fourth-order valence-electron chi connectivity index (χ4n) is 4.62. The summed E-state index contributed by atoms with van der Waals surface area (Å²) in [5.41, 5.74) is 10.3. The molecule has 6 rings (SSSR count). The number of rotatable bonds is 6. The molecule has 2 nitrogen and oxygen atoms in total. The molecule has 1 radical (unpaired) electrons. The molecule has 3 heteroatoms. The van der Waals surface area contributed by atoms with E-state index in [0.717, 1.165) is 28.9 Å². The summed E-state index contributed by atoms with van der Waals surface area (Å²) in [6.07, 6.45) is 4.89. The molecule has 2 heterocycles. The largest absolute Gasteiger partial charge is 0.305 e. The third kappa shape index (κ3) is 8.41. The van der Waals surface area contributed by atoms with Gasteiger partial charge in [0.25, 0.3) is 0 Å². The van der Waals surface area contributed by atoms with Crippen LogP contribution < -0.4 is 0 Å². The third-order valence-corrected chi connectivity index (χ3v) is 6.58. The molecule has 0 aliphatic heterocycles. The molecule has 6 aromatic rings. The standard InChI is InChI=1S/C21H21N.C17H12N.Ir/c1-16(2)13-17-11-12-21(22-15-17)20-10-6-9-19(14-20)18-7-4-3-5-8-18;1-2-7-14(8-3-1)15-9-6-10-16(13-15)17-11-4-5-12-18-17;/h3-12,14-16H,13H2,1-2H3;1-9,11-13H;/q;-1;. The van der Waals surface area contributed by atoms with Crippen LogP contribution >= 0.6 is 0 Å². The van der Waals surface area contributed by atoms with Crippen LogP contribution in [-0.2, 0) is 26.5 Å². The first-order chi connectivity index (χ1) is 19.7. The van der Waals surface area contributed by atoms with Gasteiger partial charge in [-0.1, -0.05) is 111 Å². The van der Waals surface area contributed by atoms with Gasteiger partial charge in [-0.3, -0.25) is 4.98 Å². The van der Waals surface area contributed by atoms with Gasteiger partial charge in [-0.2, -0.15) is 0 Å². The topological polar surface area (TPSA) is 25.8 Å². The van der Waals surface area contributed by atoms with E-state index in [1.807, 2.05) is 54.7 Å². The van der Waals surface area contributed by atoms with Gasteiger partial charge in [0, 0.05) is 38.1 Å². The van der Waals surface area contributed by atoms with Crippen LogP contribution in [0.5, 0.6) is 0 Å². The minimum Gasteiger partial charge on any atom is -0.305 e. The van der Waals surface area contributed by atoms with E-state index in [-0.39, 0.29) is 20.1 Å². The van der Waals surface area contributed by atoms with Gasteiger partial charge in [-0.05, 0) is 58.5 Å². The average Bonchev–Trinajstić information content (AvgIpc) is 3.03. The summed E-state index contributed by atoms with van der Waals surface area (Å²) in [5, 5.41) is 0. The number of benzene rings is 4. The molecule has 0 aliphatic carbocycles. The molecule has 0 unspecified atom stereocenters. The van der Waals surface area contributed by atoms with Crippen molar-refractivity contribution in [1.29, 1.82) is 0 Å². The Labute approximate surface area is 257 Å². The molecule has 0 N–H and O–H groups in total. The molecule has 0 saturated carbocycles. The molecule has 0 bridgehead atoms. The van der Waals surface area contributed by atoms with Crippen LogP contribution in [0.25, 0.3) is 44.8 Å². The summed E-state index contributed by atoms with van der Waals surface area (Å²) < 4.78 is 0. The molecular weight excluding hydrogens is 677 g/mol. The van der Waals surface area contributed by atoms with Crippen molar-refractivity contribution in [3.8, 4) is 44.8 Å². The minimum absolute atomic E-state index is 0. The maximum Gasteiger partial charge on any atom is 0.0702 e. The molecule has 0 spiro atoms. The van der Waals surface area contributed by atoms with Gasteiger partial charge in [-0.15, -0.1) is 35.4 Å². The molecule has 2 aromatic heterocycles. The number of hydrogen-bond donors (Lipinski definition) is 0. The first kappa shape index (κ1) is 29.8. The fraction of sp³-hybridized carbons (Fsp3) is 0.105. The zero-order valence-electron chi connectivity index (χ0n) is 23.4. The summed E-state index contributed by atoms with van der Waals surface area (Å²) in [6.45, 7) is 4.47. The Bertz CT molecular complexity index is 1560. The van der Waals surface area contributed by atoms with Crippen LogP contribution in [0, 0.1) is 12.0 Å². The Hall–Kier alpha value is -4.17. The molecule has 0 aliphatic rings. The van der Waals surface area contributed by atoms with E-state index in [1.54, 1.807) is 6.20 Å². The second kappa shape index (κ2) is 15.0. The Morgan fingerprint density at radius 2 is 1.20 bits per heavy atom. The second-order valence-corrected chi connectivity index (χ2v) is 10.2. The van der Waals surface area contributed by atoms with Crippen LogP contribution in [0.15, 0.2) is 146 Å². The Morgan fingerprint density at radius 1 is 0.561 bits per heavy atom. The molecule has 0 amide bonds. The second-order valence-electron chi connectivity index (χ2n) is 10.2. The van der Waals surface area contributed by atoms with Crippen LogP contribution in [0.2, 0.25) is 0 Å². The van der Waals surface area contributed by atoms with Gasteiger partial charge in [0.2, 0.25) is 0 Å². The van der Waals surface area contributed by atoms with Crippen molar-refractivity contribution in [3.05, 3.63) is 157 Å². The van der Waals surface area contributed by atoms with Crippen molar-refractivity contribution < 1.29 is 20.1 Å². The molecule has 41 heavy (non-hydrogen) atoms. The summed E-state index contributed by atoms with van der Waals surface area (Å²) in [6, 6.07) is 49.0. The number of pyridine rings is 2. The minimum atomic E-state index is 0. The third-order valence-electron chi connectivity index (χ3n) is 6.58. The maximum absolute atomic E-state index is 4.64. The summed E-state index contributed by atoms with van der Waals surface area (Å²) in [5.74, 6) is 0.661. The summed E-state index contributed by atoms with van der Waals surface area (Å²) >= 11 is 0. The van der Waals surface area contributed by atoms with Crippen molar-refractivity contribution in [3.63, 3.8) is 0 Å². The van der Waals surface area contributed by atoms with Crippen molar-refractivity contribution in [2.45, 2.75) is 20.3 Å². The molecule has 0 saturated heterocycles. The molecule has 0 atom stereocenters. The monoisotopic (exact) mass is 710 g/mol. The van der Waals surface area contributed by atoms with Crippen LogP contribution in [0.3, 0.4) is 0 Å². The predicted octanol–water partition coefficient (Wildman–Crippen LogP) is 9.83.